The van der Waals surface area contributed by atoms with Crippen molar-refractivity contribution in [2.24, 2.45) is 23.7 Å². The number of carbonyl (C=O) groups excluding carboxylic acids is 4. The van der Waals surface area contributed by atoms with E-state index in [-0.39, 0.29) is 126 Å². The van der Waals surface area contributed by atoms with Crippen molar-refractivity contribution in [1.29, 1.82) is 0 Å². The van der Waals surface area contributed by atoms with Gasteiger partial charge in [-0.2, -0.15) is 0 Å². The molecule has 12 aromatic rings. The summed E-state index contributed by atoms with van der Waals surface area (Å²) in [7, 11) is -9.67. The molecule has 0 bridgehead atoms. The van der Waals surface area contributed by atoms with Crippen molar-refractivity contribution >= 4 is 161 Å². The first-order chi connectivity index (χ1) is 62.5. The first kappa shape index (κ1) is 108. The van der Waals surface area contributed by atoms with Crippen LogP contribution in [0.3, 0.4) is 0 Å². The van der Waals surface area contributed by atoms with E-state index < -0.39 is 57.3 Å². The SMILES string of the molecule is CO.COC(=O)c1cc2nc3n(c2cc1S(C)(=O)=O)CCN(c1ncc(C)c(C)n1)[C@@H]3C(C)C.COC(=O)c1cc2nc3n(c2cc1S(C)(=O)=O)CCN(c1ncc(C)c(Cl)n1)[C@@H]3C(C)C.COC(=O)c1cc2nc3n(c2cc1S(C)(=O)=O)CCN[C@@H]3C(C)C.Cc1cnc(Cl)nc1Cl.Cc1cnc(N2CCn3c(nc4cc(CO)c(S(C)(=O)=O)cc43)[C@H]2C(C)C)nc1C.O=CO[O-].[Na+]. The zero-order valence-electron chi connectivity index (χ0n) is 78.6. The van der Waals surface area contributed by atoms with Gasteiger partial charge in [-0.05, 0) is 142 Å². The van der Waals surface area contributed by atoms with E-state index in [0.717, 1.165) is 107 Å². The number of aliphatic hydroxyl groups excluding tert-OH is 2. The zero-order valence-corrected chi connectivity index (χ0v) is 86.1. The van der Waals surface area contributed by atoms with Crippen molar-refractivity contribution in [2.45, 2.75) is 173 Å². The molecule has 39 nitrogen and oxygen atoms in total. The molecular weight excluding hydrogens is 1890 g/mol. The Balaban J connectivity index is 0.000000191. The second-order valence-corrected chi connectivity index (χ2v) is 42.3. The molecule has 0 saturated carbocycles. The van der Waals surface area contributed by atoms with Crippen LogP contribution in [0.5, 0.6) is 0 Å². The number of esters is 3. The molecule has 4 aliphatic heterocycles. The number of halogens is 3. The standard InChI is InChI=1S/C22H27N5O4S.C21H24ClN5O4S.C21H27N5O3S.C16H21N3O4S.C5H4Cl2N2.CH2O3.CH4O.Na/c1-12(2)19-20-25-16-9-15(21(28)31-5)18(32(6,29)30)10-17(16)26(20)7-8-27(19)22-23-11-13(3)14(4)24-22;1-11(2)17-19-24-14-8-13(20(28)31-4)16(32(5,29)30)9-15(14)26(19)6-7-27(17)21-23-10-12(3)18(22)25-21;1-12(2)19-20-24-16-8-15(11-27)18(30(5,28)29)9-17(16)25(20)6-7-26(19)21-22-10-13(3)14(4)23-21;1-9(2)14-15-18-11-7-10(16(20)23-3)13(24(4,21)22)8-12(11)19(15)6-5-17-14;1-3-2-8-5(7)9-4(3)6;2-1-4-3;1-2;/h9-12,19H,7-8H2,1-6H3;8-11,17H,6-7H2,1-5H3;8-10,12,19,27H,6-7,11H2,1-5H3;7-9,14,17H,5-6H2,1-4H3;2H,1H3;1,3H;2H,1H3;/q;;;;;;;+1/p-1/t19-;17-;19-;14-;;;;/m1111..../s1. The summed E-state index contributed by atoms with van der Waals surface area (Å²) in [5.74, 6) is 3.93. The van der Waals surface area contributed by atoms with Crippen molar-refractivity contribution < 1.29 is 117 Å². The van der Waals surface area contributed by atoms with Crippen molar-refractivity contribution in [3.8, 4) is 0 Å². The number of benzene rings is 4. The molecule has 0 spiro atoms. The van der Waals surface area contributed by atoms with Gasteiger partial charge in [0.1, 0.15) is 33.6 Å². The van der Waals surface area contributed by atoms with Crippen LogP contribution in [-0.4, -0.2) is 226 Å². The number of aryl methyl sites for hydroxylation is 6. The molecule has 0 aliphatic carbocycles. The first-order valence-electron chi connectivity index (χ1n) is 41.8. The molecule has 0 fully saturated rings. The molecule has 8 aromatic heterocycles. The van der Waals surface area contributed by atoms with Crippen LogP contribution in [0, 0.1) is 65.2 Å². The number of fused-ring (bicyclic) bond motifs is 12. The maximum absolute atomic E-state index is 12.4. The molecule has 0 unspecified atom stereocenters. The van der Waals surface area contributed by atoms with Gasteiger partial charge in [-0.15, -0.1) is 0 Å². The monoisotopic (exact) mass is 1990 g/mol. The Morgan fingerprint density at radius 2 is 0.739 bits per heavy atom. The van der Waals surface area contributed by atoms with Gasteiger partial charge < -0.3 is 72.9 Å². The fourth-order valence-electron chi connectivity index (χ4n) is 16.1. The fraction of sp³-hybridized carbons (Fsp3) is 0.448. The molecule has 4 atom stereocenters. The molecule has 3 N–H and O–H groups in total. The van der Waals surface area contributed by atoms with E-state index in [4.69, 9.17) is 84.1 Å². The van der Waals surface area contributed by atoms with Gasteiger partial charge in [0, 0.05) is 132 Å². The fourth-order valence-corrected chi connectivity index (χ4v) is 20.1. The van der Waals surface area contributed by atoms with Crippen molar-refractivity contribution in [1.82, 2.24) is 83.4 Å². The number of hydrogen-bond acceptors (Lipinski definition) is 35. The summed E-state index contributed by atoms with van der Waals surface area (Å²) in [5.41, 5.74) is 11.2. The van der Waals surface area contributed by atoms with Gasteiger partial charge in [0.15, 0.2) is 39.3 Å². The van der Waals surface area contributed by atoms with Gasteiger partial charge in [-0.1, -0.05) is 78.6 Å². The van der Waals surface area contributed by atoms with E-state index in [0.29, 0.717) is 119 Å². The Morgan fingerprint density at radius 3 is 1.02 bits per heavy atom. The molecule has 47 heteroatoms. The van der Waals surface area contributed by atoms with Gasteiger partial charge >= 0.3 is 47.5 Å². The van der Waals surface area contributed by atoms with Crippen LogP contribution < -0.4 is 54.8 Å². The number of nitrogens with zero attached hydrogens (tertiary/aromatic N) is 19. The Morgan fingerprint density at radius 1 is 0.440 bits per heavy atom. The van der Waals surface area contributed by atoms with Gasteiger partial charge in [0.05, 0.1) is 133 Å². The molecular formula is C87H108Cl3N20NaO19S4. The summed E-state index contributed by atoms with van der Waals surface area (Å²) in [6, 6.07) is 12.2. The number of hydrogen-bond donors (Lipinski definition) is 3. The smallest absolute Gasteiger partial charge is 0.662 e. The summed E-state index contributed by atoms with van der Waals surface area (Å²) in [6.45, 7) is 33.1. The number of methoxy groups -OCH3 is 3. The topological polar surface area (TPSA) is 501 Å². The van der Waals surface area contributed by atoms with E-state index >= 15 is 0 Å². The number of anilines is 3. The number of aromatic nitrogens is 16. The van der Waals surface area contributed by atoms with Crippen LogP contribution in [-0.2, 0) is 96.0 Å². The van der Waals surface area contributed by atoms with E-state index in [1.54, 1.807) is 24.5 Å². The third kappa shape index (κ3) is 23.4. The average molecular weight is 2000 g/mol. The van der Waals surface area contributed by atoms with Crippen LogP contribution in [0.1, 0.15) is 173 Å². The minimum atomic E-state index is -3.66. The summed E-state index contributed by atoms with van der Waals surface area (Å²) >= 11 is 17.2. The Labute approximate surface area is 814 Å². The molecule has 16 rings (SSSR count). The van der Waals surface area contributed by atoms with E-state index in [1.807, 2.05) is 67.6 Å². The summed E-state index contributed by atoms with van der Waals surface area (Å²) < 4.78 is 121. The summed E-state index contributed by atoms with van der Waals surface area (Å²) in [5, 5.41) is 29.6. The van der Waals surface area contributed by atoms with Crippen LogP contribution >= 0.6 is 34.8 Å². The molecule has 12 heterocycles. The number of sulfone groups is 4. The number of imidazole rings is 4. The zero-order chi connectivity index (χ0) is 98.4. The van der Waals surface area contributed by atoms with Crippen LogP contribution in [0.25, 0.3) is 44.1 Å². The molecule has 0 amide bonds. The van der Waals surface area contributed by atoms with E-state index in [9.17, 15) is 53.2 Å². The summed E-state index contributed by atoms with van der Waals surface area (Å²) in [6.07, 6.45) is 11.4. The largest absolute Gasteiger partial charge is 1.00 e. The molecule has 0 saturated heterocycles. The number of carbonyl (C=O) groups is 4. The predicted octanol–water partition coefficient (Wildman–Crippen LogP) is 7.27. The summed E-state index contributed by atoms with van der Waals surface area (Å²) in [4.78, 5) is 108. The Bertz CT molecular complexity index is 6720. The second-order valence-electron chi connectivity index (χ2n) is 33.3. The van der Waals surface area contributed by atoms with Gasteiger partial charge in [0.2, 0.25) is 23.1 Å². The molecule has 0 radical (unpaired) electrons. The van der Waals surface area contributed by atoms with Gasteiger partial charge in [0.25, 0.3) is 6.47 Å². The Kier molecular flexibility index (Phi) is 35.6. The third-order valence-corrected chi connectivity index (χ3v) is 28.2. The van der Waals surface area contributed by atoms with Crippen molar-refractivity contribution in [2.75, 3.05) is 94.3 Å². The molecule has 134 heavy (non-hydrogen) atoms. The number of ether oxygens (including phenoxy) is 3. The number of rotatable bonds is 16. The second kappa shape index (κ2) is 44.3. The van der Waals surface area contributed by atoms with Crippen molar-refractivity contribution in [3.05, 3.63) is 168 Å². The van der Waals surface area contributed by atoms with Crippen LogP contribution in [0.2, 0.25) is 15.6 Å². The van der Waals surface area contributed by atoms with Crippen molar-refractivity contribution in [3.63, 3.8) is 0 Å². The number of aliphatic hydroxyl groups is 2. The van der Waals surface area contributed by atoms with Gasteiger partial charge in [-0.3, -0.25) is 4.79 Å². The minimum Gasteiger partial charge on any atom is -0.662 e. The number of nitrogens with one attached hydrogen (secondary N) is 1. The maximum Gasteiger partial charge on any atom is 1.00 e. The minimum absolute atomic E-state index is 0. The van der Waals surface area contributed by atoms with E-state index in [1.165, 1.54) is 57.7 Å². The normalized spacial score (nSPS) is 15.7. The molecule has 4 aliphatic rings. The maximum atomic E-state index is 12.4. The quantitative estimate of drug-likeness (QED) is 0.0125. The van der Waals surface area contributed by atoms with Crippen LogP contribution in [0.15, 0.2) is 92.9 Å². The van der Waals surface area contributed by atoms with Gasteiger partial charge in [-0.25, -0.2) is 108 Å². The predicted molar refractivity (Wildman–Crippen MR) is 499 cm³/mol. The molecule has 716 valence electrons. The Hall–Kier alpha value is -10.1. The first-order valence-corrected chi connectivity index (χ1v) is 50.5. The molecule has 4 aromatic carbocycles. The van der Waals surface area contributed by atoms with Crippen LogP contribution in [0.4, 0.5) is 17.8 Å². The third-order valence-electron chi connectivity index (χ3n) is 22.6. The van der Waals surface area contributed by atoms with E-state index in [2.05, 4.69) is 125 Å². The average Bonchev–Trinajstić information content (AvgIpc) is 1.60.